The summed E-state index contributed by atoms with van der Waals surface area (Å²) in [6, 6.07) is 11.2. The number of allylic oxidation sites excluding steroid dienone is 5. The number of hydrogen-bond acceptors (Lipinski definition) is 7. The summed E-state index contributed by atoms with van der Waals surface area (Å²) < 4.78 is 38.2. The van der Waals surface area contributed by atoms with Gasteiger partial charge < -0.3 is 10.6 Å². The van der Waals surface area contributed by atoms with Gasteiger partial charge >= 0.3 is 6.18 Å². The molecule has 0 fully saturated rings. The number of hydrogen-bond donors (Lipinski definition) is 3. The minimum Gasteiger partial charge on any atom is -0.388 e. The molecule has 0 bridgehead atoms. The number of nitrogens with one attached hydrogen (secondary N) is 3. The number of halogens is 3. The summed E-state index contributed by atoms with van der Waals surface area (Å²) in [5.74, 6) is 0.655. The molecule has 2 amide bonds. The van der Waals surface area contributed by atoms with Gasteiger partial charge in [0.25, 0.3) is 5.91 Å². The Balaban J connectivity index is 0.000000482. The van der Waals surface area contributed by atoms with Crippen LogP contribution in [0.25, 0.3) is 0 Å². The third-order valence-electron chi connectivity index (χ3n) is 6.73. The number of aryl methyl sites for hydroxylation is 2. The van der Waals surface area contributed by atoms with Crippen molar-refractivity contribution in [3.8, 4) is 0 Å². The molecule has 0 atom stereocenters. The molecule has 9 nitrogen and oxygen atoms in total. The first kappa shape index (κ1) is 41.6. The molecule has 0 radical (unpaired) electrons. The number of hydrazine groups is 1. The van der Waals surface area contributed by atoms with Crippen molar-refractivity contribution in [3.63, 3.8) is 0 Å². The zero-order valence-electron chi connectivity index (χ0n) is 28.9. The molecule has 262 valence electrons. The largest absolute Gasteiger partial charge is 0.416 e. The van der Waals surface area contributed by atoms with Gasteiger partial charge in [0.1, 0.15) is 0 Å². The van der Waals surface area contributed by atoms with Gasteiger partial charge in [-0.2, -0.15) is 35.6 Å². The van der Waals surface area contributed by atoms with E-state index in [1.807, 2.05) is 85.2 Å². The van der Waals surface area contributed by atoms with E-state index in [4.69, 9.17) is 0 Å². The van der Waals surface area contributed by atoms with Crippen LogP contribution in [0.2, 0.25) is 0 Å². The van der Waals surface area contributed by atoms with Crippen molar-refractivity contribution in [3.05, 3.63) is 99.8 Å². The third-order valence-corrected chi connectivity index (χ3v) is 7.74. The number of nitrogens with zero attached hydrogens (tertiary/aromatic N) is 3. The number of thioether (sulfide) groups is 1. The molecule has 48 heavy (non-hydrogen) atoms. The molecule has 0 saturated carbocycles. The van der Waals surface area contributed by atoms with Crippen molar-refractivity contribution in [1.29, 1.82) is 0 Å². The first-order valence-corrected chi connectivity index (χ1v) is 16.9. The molecule has 3 rings (SSSR count). The van der Waals surface area contributed by atoms with Crippen LogP contribution in [0.1, 0.15) is 78.4 Å². The van der Waals surface area contributed by atoms with E-state index in [0.717, 1.165) is 58.0 Å². The summed E-state index contributed by atoms with van der Waals surface area (Å²) in [7, 11) is 1.84. The predicted molar refractivity (Wildman–Crippen MR) is 189 cm³/mol. The van der Waals surface area contributed by atoms with Gasteiger partial charge in [-0.3, -0.25) is 14.4 Å². The zero-order chi connectivity index (χ0) is 36.3. The van der Waals surface area contributed by atoms with Gasteiger partial charge in [0.15, 0.2) is 6.29 Å². The van der Waals surface area contributed by atoms with Crippen molar-refractivity contribution >= 4 is 36.1 Å². The van der Waals surface area contributed by atoms with Gasteiger partial charge in [-0.1, -0.05) is 68.5 Å². The fourth-order valence-electron chi connectivity index (χ4n) is 4.50. The zero-order valence-corrected chi connectivity index (χ0v) is 29.7. The predicted octanol–water partition coefficient (Wildman–Crippen LogP) is 8.16. The van der Waals surface area contributed by atoms with Crippen molar-refractivity contribution in [2.75, 3.05) is 24.4 Å². The average Bonchev–Trinajstić information content (AvgIpc) is 3.32. The van der Waals surface area contributed by atoms with Crippen molar-refractivity contribution < 1.29 is 27.6 Å². The van der Waals surface area contributed by atoms with E-state index in [1.54, 1.807) is 17.8 Å². The van der Waals surface area contributed by atoms with Crippen molar-refractivity contribution in [2.24, 2.45) is 10.3 Å². The second-order valence-corrected chi connectivity index (χ2v) is 11.7. The topological polar surface area (TPSA) is 115 Å². The standard InChI is InChI=1S/C18H20F3N5O.C15H21NO2S.C2H6/c1-13-10-14(6-9-17(13)22-2)11-23-24-25-26(12-27)16-5-3-4-15(7-8-16)18(19,20)21;1-5-11-7-6-8-12(9-17)13(11)14(18)16-15(2,3)10-19-4;1-2/h3-4,6-10,12,22H,5,11H2,1-2H3,(H,23,25);6-9H,5,10H2,1-4H3,(H,16,18);1-2H3. The Bertz CT molecular complexity index is 1490. The Morgan fingerprint density at radius 2 is 1.81 bits per heavy atom. The summed E-state index contributed by atoms with van der Waals surface area (Å²) in [5.41, 5.74) is 6.54. The van der Waals surface area contributed by atoms with Crippen LogP contribution in [0.3, 0.4) is 0 Å². The van der Waals surface area contributed by atoms with Gasteiger partial charge in [-0.25, -0.2) is 5.01 Å². The monoisotopic (exact) mass is 688 g/mol. The molecule has 0 unspecified atom stereocenters. The maximum atomic E-state index is 12.7. The van der Waals surface area contributed by atoms with Crippen LogP contribution in [-0.2, 0) is 17.8 Å². The van der Waals surface area contributed by atoms with Gasteiger partial charge in [-0.05, 0) is 68.4 Å². The molecule has 0 aromatic heterocycles. The lowest BCUT2D eigenvalue weighted by Crippen LogP contribution is -2.46. The molecule has 0 spiro atoms. The quantitative estimate of drug-likeness (QED) is 0.111. The number of alkyl halides is 3. The molecule has 1 aliphatic carbocycles. The molecule has 0 heterocycles. The van der Waals surface area contributed by atoms with E-state index in [0.29, 0.717) is 29.8 Å². The summed E-state index contributed by atoms with van der Waals surface area (Å²) in [5, 5.41) is 14.7. The lowest BCUT2D eigenvalue weighted by atomic mass is 9.98. The van der Waals surface area contributed by atoms with Gasteiger partial charge in [0, 0.05) is 41.7 Å². The smallest absolute Gasteiger partial charge is 0.388 e. The molecule has 0 aliphatic heterocycles. The molecular formula is C35H47F3N6O3S. The Labute approximate surface area is 286 Å². The van der Waals surface area contributed by atoms with Crippen LogP contribution in [0.4, 0.5) is 18.9 Å². The Kier molecular flexibility index (Phi) is 18.0. The van der Waals surface area contributed by atoms with Crippen LogP contribution < -0.4 is 16.2 Å². The van der Waals surface area contributed by atoms with Crippen LogP contribution in [0, 0.1) is 6.92 Å². The highest BCUT2D eigenvalue weighted by Gasteiger charge is 2.31. The van der Waals surface area contributed by atoms with E-state index in [-0.39, 0.29) is 17.9 Å². The van der Waals surface area contributed by atoms with Gasteiger partial charge in [0.2, 0.25) is 6.41 Å². The molecule has 0 saturated heterocycles. The second kappa shape index (κ2) is 20.8. The normalized spacial score (nSPS) is 12.6. The Morgan fingerprint density at radius 1 is 1.10 bits per heavy atom. The van der Waals surface area contributed by atoms with Gasteiger partial charge in [-0.15, -0.1) is 0 Å². The summed E-state index contributed by atoms with van der Waals surface area (Å²) in [6.45, 7) is 12.2. The summed E-state index contributed by atoms with van der Waals surface area (Å²) >= 11 is 1.68. The lowest BCUT2D eigenvalue weighted by Gasteiger charge is -2.26. The first-order valence-electron chi connectivity index (χ1n) is 15.5. The number of carbonyl (C=O) groups excluding carboxylic acids is 3. The summed E-state index contributed by atoms with van der Waals surface area (Å²) in [4.78, 5) is 34.7. The number of benzene rings is 2. The Morgan fingerprint density at radius 3 is 2.38 bits per heavy atom. The molecule has 2 aromatic rings. The highest BCUT2D eigenvalue weighted by molar-refractivity contribution is 7.98. The Hall–Kier alpha value is -4.39. The minimum absolute atomic E-state index is 0.141. The molecular weight excluding hydrogens is 641 g/mol. The maximum absolute atomic E-state index is 12.7. The van der Waals surface area contributed by atoms with Crippen LogP contribution >= 0.6 is 11.8 Å². The number of carbonyl (C=O) groups is 3. The number of anilines is 1. The highest BCUT2D eigenvalue weighted by Crippen LogP contribution is 2.29. The maximum Gasteiger partial charge on any atom is 0.416 e. The first-order chi connectivity index (χ1) is 22.8. The van der Waals surface area contributed by atoms with Gasteiger partial charge in [0.05, 0.1) is 17.7 Å². The fourth-order valence-corrected chi connectivity index (χ4v) is 5.29. The number of aldehydes is 1. The highest BCUT2D eigenvalue weighted by atomic mass is 32.2. The van der Waals surface area contributed by atoms with E-state index in [2.05, 4.69) is 26.5 Å². The molecule has 2 aromatic carbocycles. The second-order valence-electron chi connectivity index (χ2n) is 10.9. The molecule has 3 N–H and O–H groups in total. The number of amides is 2. The fraction of sp³-hybridized carbons (Fsp3) is 0.400. The van der Waals surface area contributed by atoms with Crippen molar-refractivity contribution in [1.82, 2.24) is 15.9 Å². The number of rotatable bonds is 13. The molecule has 13 heteroatoms. The minimum atomic E-state index is -4.44. The lowest BCUT2D eigenvalue weighted by molar-refractivity contribution is -0.119. The summed E-state index contributed by atoms with van der Waals surface area (Å²) in [6.07, 6.45) is 4.06. The SMILES string of the molecule is CC.CCc1cccc(C=O)c1C(=O)NC(C)(C)CSC.CNc1ccc(CN=NNN(C=O)C2=CC=C(C(F)(F)F)C=CC2)cc1C. The van der Waals surface area contributed by atoms with E-state index in [9.17, 15) is 27.6 Å². The third kappa shape index (κ3) is 13.4. The van der Waals surface area contributed by atoms with E-state index in [1.165, 1.54) is 12.2 Å². The van der Waals surface area contributed by atoms with Crippen LogP contribution in [-0.4, -0.2) is 54.4 Å². The van der Waals surface area contributed by atoms with Crippen LogP contribution in [0.15, 0.2) is 82.3 Å². The average molecular weight is 689 g/mol. The van der Waals surface area contributed by atoms with Crippen LogP contribution in [0.5, 0.6) is 0 Å². The molecule has 1 aliphatic rings. The van der Waals surface area contributed by atoms with E-state index < -0.39 is 11.7 Å². The van der Waals surface area contributed by atoms with E-state index >= 15 is 0 Å². The van der Waals surface area contributed by atoms with Crippen molar-refractivity contribution in [2.45, 2.75) is 72.6 Å².